The van der Waals surface area contributed by atoms with E-state index in [0.29, 0.717) is 6.54 Å². The number of alkyl halides is 3. The minimum atomic E-state index is -4.82. The van der Waals surface area contributed by atoms with Crippen LogP contribution in [-0.4, -0.2) is 48.6 Å². The largest absolute Gasteiger partial charge is 0.471 e. The highest BCUT2D eigenvalue weighted by atomic mass is 19.4. The number of aliphatic hydroxyl groups is 2. The summed E-state index contributed by atoms with van der Waals surface area (Å²) in [6, 6.07) is 0. The molecule has 0 aliphatic heterocycles. The zero-order chi connectivity index (χ0) is 13.0. The zero-order valence-electron chi connectivity index (χ0n) is 8.76. The molecule has 0 rings (SSSR count). The second kappa shape index (κ2) is 10.7. The summed E-state index contributed by atoms with van der Waals surface area (Å²) in [6.45, 7) is 0.417. The van der Waals surface area contributed by atoms with E-state index in [1.807, 2.05) is 0 Å². The molecule has 98 valence electrons. The highest BCUT2D eigenvalue weighted by Crippen LogP contribution is 2.13. The van der Waals surface area contributed by atoms with Gasteiger partial charge in [-0.2, -0.15) is 13.2 Å². The van der Waals surface area contributed by atoms with Crippen molar-refractivity contribution in [1.29, 1.82) is 0 Å². The van der Waals surface area contributed by atoms with Crippen LogP contribution < -0.4 is 11.1 Å². The molecule has 0 aliphatic rings. The van der Waals surface area contributed by atoms with Gasteiger partial charge in [-0.25, -0.2) is 0 Å². The monoisotopic (exact) mass is 246 g/mol. The van der Waals surface area contributed by atoms with Gasteiger partial charge in [0.1, 0.15) is 0 Å². The lowest BCUT2D eigenvalue weighted by Gasteiger charge is -2.05. The summed E-state index contributed by atoms with van der Waals surface area (Å²) in [7, 11) is 0. The Morgan fingerprint density at radius 3 is 1.94 bits per heavy atom. The number of amides is 1. The quantitative estimate of drug-likeness (QED) is 0.486. The van der Waals surface area contributed by atoms with E-state index < -0.39 is 12.1 Å². The molecule has 0 saturated heterocycles. The molecule has 5 N–H and O–H groups in total. The van der Waals surface area contributed by atoms with Gasteiger partial charge in [-0.1, -0.05) is 0 Å². The van der Waals surface area contributed by atoms with Crippen LogP contribution in [0.15, 0.2) is 0 Å². The van der Waals surface area contributed by atoms with Crippen molar-refractivity contribution in [2.24, 2.45) is 5.73 Å². The SMILES string of the molecule is NCCCO.O=C(NCCCO)C(F)(F)F. The van der Waals surface area contributed by atoms with Crippen molar-refractivity contribution in [3.63, 3.8) is 0 Å². The number of nitrogens with one attached hydrogen (secondary N) is 1. The minimum absolute atomic E-state index is 0.127. The second-order valence-electron chi connectivity index (χ2n) is 2.70. The smallest absolute Gasteiger partial charge is 0.396 e. The van der Waals surface area contributed by atoms with Crippen molar-refractivity contribution in [3.8, 4) is 0 Å². The predicted octanol–water partition coefficient (Wildman–Crippen LogP) is -0.625. The summed E-state index contributed by atoms with van der Waals surface area (Å²) < 4.78 is 34.2. The van der Waals surface area contributed by atoms with Gasteiger partial charge < -0.3 is 21.3 Å². The lowest BCUT2D eigenvalue weighted by atomic mass is 10.4. The third-order valence-corrected chi connectivity index (χ3v) is 1.24. The Balaban J connectivity index is 0. The zero-order valence-corrected chi connectivity index (χ0v) is 8.76. The van der Waals surface area contributed by atoms with E-state index in [9.17, 15) is 18.0 Å². The van der Waals surface area contributed by atoms with Crippen LogP contribution >= 0.6 is 0 Å². The fourth-order valence-electron chi connectivity index (χ4n) is 0.472. The summed E-state index contributed by atoms with van der Waals surface area (Å²) in [6.07, 6.45) is -3.97. The van der Waals surface area contributed by atoms with Gasteiger partial charge in [-0.3, -0.25) is 4.79 Å². The van der Waals surface area contributed by atoms with Crippen LogP contribution in [0.3, 0.4) is 0 Å². The Kier molecular flexibility index (Phi) is 11.7. The molecule has 0 bridgehead atoms. The minimum Gasteiger partial charge on any atom is -0.396 e. The van der Waals surface area contributed by atoms with E-state index >= 15 is 0 Å². The molecule has 0 aromatic heterocycles. The normalized spacial score (nSPS) is 10.4. The first-order chi connectivity index (χ1) is 7.40. The number of hydrogen-bond acceptors (Lipinski definition) is 4. The van der Waals surface area contributed by atoms with Crippen molar-refractivity contribution >= 4 is 5.91 Å². The first kappa shape index (κ1) is 17.5. The standard InChI is InChI=1S/C5H8F3NO2.C3H9NO/c6-5(7,8)4(11)9-2-1-3-10;4-2-1-3-5/h10H,1-3H2,(H,9,11);5H,1-4H2. The summed E-state index contributed by atoms with van der Waals surface area (Å²) >= 11 is 0. The molecular weight excluding hydrogens is 229 g/mol. The average molecular weight is 246 g/mol. The summed E-state index contributed by atoms with van der Waals surface area (Å²) in [4.78, 5) is 10.0. The van der Waals surface area contributed by atoms with E-state index in [1.54, 1.807) is 5.32 Å². The van der Waals surface area contributed by atoms with Gasteiger partial charge in [0.25, 0.3) is 0 Å². The second-order valence-corrected chi connectivity index (χ2v) is 2.70. The lowest BCUT2D eigenvalue weighted by Crippen LogP contribution is -2.37. The van der Waals surface area contributed by atoms with Crippen LogP contribution in [0.4, 0.5) is 13.2 Å². The Hall–Kier alpha value is -0.860. The number of carbonyl (C=O) groups excluding carboxylic acids is 1. The number of hydrogen-bond donors (Lipinski definition) is 4. The topological polar surface area (TPSA) is 95.6 Å². The van der Waals surface area contributed by atoms with Gasteiger partial charge in [-0.05, 0) is 19.4 Å². The van der Waals surface area contributed by atoms with E-state index in [1.165, 1.54) is 0 Å². The molecule has 0 aromatic rings. The first-order valence-electron chi connectivity index (χ1n) is 4.67. The molecule has 0 radical (unpaired) electrons. The van der Waals surface area contributed by atoms with E-state index in [4.69, 9.17) is 15.9 Å². The maximum absolute atomic E-state index is 11.4. The molecule has 1 amide bonds. The number of halogens is 3. The fraction of sp³-hybridized carbons (Fsp3) is 0.875. The Morgan fingerprint density at radius 1 is 1.19 bits per heavy atom. The van der Waals surface area contributed by atoms with Crippen molar-refractivity contribution in [1.82, 2.24) is 5.32 Å². The highest BCUT2D eigenvalue weighted by molar-refractivity contribution is 5.81. The molecule has 0 fully saturated rings. The summed E-state index contributed by atoms with van der Waals surface area (Å²) in [5.74, 6) is -1.97. The van der Waals surface area contributed by atoms with Crippen LogP contribution in [0.25, 0.3) is 0 Å². The molecule has 0 spiro atoms. The number of nitrogens with two attached hydrogens (primary N) is 1. The van der Waals surface area contributed by atoms with Crippen LogP contribution in [0.5, 0.6) is 0 Å². The maximum atomic E-state index is 11.4. The van der Waals surface area contributed by atoms with E-state index in [-0.39, 0.29) is 26.2 Å². The van der Waals surface area contributed by atoms with Gasteiger partial charge >= 0.3 is 12.1 Å². The van der Waals surface area contributed by atoms with Gasteiger partial charge in [0.15, 0.2) is 0 Å². The van der Waals surface area contributed by atoms with Gasteiger partial charge in [0.2, 0.25) is 0 Å². The Bertz CT molecular complexity index is 174. The van der Waals surface area contributed by atoms with Crippen LogP contribution in [0.1, 0.15) is 12.8 Å². The molecule has 0 aromatic carbocycles. The predicted molar refractivity (Wildman–Crippen MR) is 51.5 cm³/mol. The molecule has 5 nitrogen and oxygen atoms in total. The summed E-state index contributed by atoms with van der Waals surface area (Å²) in [5.41, 5.74) is 4.98. The van der Waals surface area contributed by atoms with Crippen LogP contribution in [-0.2, 0) is 4.79 Å². The molecule has 8 heteroatoms. The average Bonchev–Trinajstić information content (AvgIpc) is 2.19. The maximum Gasteiger partial charge on any atom is 0.471 e. The van der Waals surface area contributed by atoms with E-state index in [0.717, 1.165) is 6.42 Å². The molecular formula is C8H17F3N2O3. The van der Waals surface area contributed by atoms with Crippen molar-refractivity contribution in [2.75, 3.05) is 26.3 Å². The van der Waals surface area contributed by atoms with Gasteiger partial charge in [0, 0.05) is 19.8 Å². The van der Waals surface area contributed by atoms with Crippen LogP contribution in [0.2, 0.25) is 0 Å². The lowest BCUT2D eigenvalue weighted by molar-refractivity contribution is -0.173. The van der Waals surface area contributed by atoms with Crippen molar-refractivity contribution < 1.29 is 28.2 Å². The van der Waals surface area contributed by atoms with Gasteiger partial charge in [-0.15, -0.1) is 0 Å². The fourth-order valence-corrected chi connectivity index (χ4v) is 0.472. The highest BCUT2D eigenvalue weighted by Gasteiger charge is 2.37. The molecule has 0 heterocycles. The Labute approximate surface area is 91.4 Å². The third kappa shape index (κ3) is 13.1. The molecule has 0 aliphatic carbocycles. The van der Waals surface area contributed by atoms with Crippen molar-refractivity contribution in [2.45, 2.75) is 19.0 Å². The number of rotatable bonds is 5. The van der Waals surface area contributed by atoms with Crippen LogP contribution in [0, 0.1) is 0 Å². The molecule has 0 saturated carbocycles. The third-order valence-electron chi connectivity index (χ3n) is 1.24. The van der Waals surface area contributed by atoms with E-state index in [2.05, 4.69) is 0 Å². The summed E-state index contributed by atoms with van der Waals surface area (Å²) in [5, 5.41) is 17.7. The Morgan fingerprint density at radius 2 is 1.69 bits per heavy atom. The van der Waals surface area contributed by atoms with Gasteiger partial charge in [0.05, 0.1) is 0 Å². The molecule has 16 heavy (non-hydrogen) atoms. The molecule has 0 atom stereocenters. The van der Waals surface area contributed by atoms with Crippen molar-refractivity contribution in [3.05, 3.63) is 0 Å². The molecule has 0 unspecified atom stereocenters. The first-order valence-corrected chi connectivity index (χ1v) is 4.67. The number of carbonyl (C=O) groups is 1. The number of aliphatic hydroxyl groups excluding tert-OH is 2.